The fraction of sp³-hybridized carbons (Fsp3) is 0.378. The zero-order valence-electron chi connectivity index (χ0n) is 25.9. The number of rotatable bonds is 8. The first-order valence-corrected chi connectivity index (χ1v) is 15.5. The van der Waals surface area contributed by atoms with Crippen molar-refractivity contribution in [1.82, 2.24) is 9.78 Å². The largest absolute Gasteiger partial charge is 0.469 e. The number of para-hydroxylation sites is 1. The van der Waals surface area contributed by atoms with Crippen LogP contribution in [0.2, 0.25) is 0 Å². The summed E-state index contributed by atoms with van der Waals surface area (Å²) in [4.78, 5) is 27.1. The number of hydrogen-bond acceptors (Lipinski definition) is 5. The molecule has 0 saturated heterocycles. The second kappa shape index (κ2) is 11.7. The van der Waals surface area contributed by atoms with Crippen LogP contribution >= 0.6 is 0 Å². The van der Waals surface area contributed by atoms with Crippen molar-refractivity contribution >= 4 is 11.8 Å². The van der Waals surface area contributed by atoms with E-state index in [-0.39, 0.29) is 28.9 Å². The SMILES string of the molecule is COC(=O)[C@@]1(C)CCC[C@]2(C)C(CCc3ccoc3C(=O)c3cc(-c4ccc(F)cc4)nn3-c3ccccc3)=C(C)CC[C@@H]12. The molecule has 2 aromatic heterocycles. The molecule has 228 valence electrons. The number of allylic oxidation sites excluding steroid dienone is 2. The van der Waals surface area contributed by atoms with Gasteiger partial charge in [-0.25, -0.2) is 9.07 Å². The summed E-state index contributed by atoms with van der Waals surface area (Å²) in [5, 5.41) is 4.75. The zero-order chi connectivity index (χ0) is 31.1. The lowest BCUT2D eigenvalue weighted by Gasteiger charge is -2.54. The standard InChI is InChI=1S/C37H39FN2O4/c1-24-11-18-32-36(2,20-8-21-37(32,3)35(42)43-4)29(24)17-14-26-19-22-44-34(26)33(41)31-23-30(25-12-15-27(38)16-13-25)39-40(31)28-9-6-5-7-10-28/h5-7,9-10,12-13,15-16,19,22-23,32H,8,11,14,17-18,20-21H2,1-4H3/t32-,36-,37+/m1/s1. The Labute approximate surface area is 257 Å². The quantitative estimate of drug-likeness (QED) is 0.116. The normalized spacial score (nSPS) is 23.3. The highest BCUT2D eigenvalue weighted by Gasteiger charge is 2.55. The minimum Gasteiger partial charge on any atom is -0.469 e. The number of nitrogens with zero attached hydrogens (tertiary/aromatic N) is 2. The van der Waals surface area contributed by atoms with Crippen molar-refractivity contribution in [2.45, 2.75) is 65.7 Å². The molecule has 0 spiro atoms. The van der Waals surface area contributed by atoms with Crippen LogP contribution in [0.1, 0.15) is 81.1 Å². The number of furan rings is 1. The van der Waals surface area contributed by atoms with E-state index in [4.69, 9.17) is 14.3 Å². The van der Waals surface area contributed by atoms with Crippen LogP contribution < -0.4 is 0 Å². The molecule has 2 aliphatic carbocycles. The minimum absolute atomic E-state index is 0.104. The number of halogens is 1. The molecular weight excluding hydrogens is 555 g/mol. The van der Waals surface area contributed by atoms with Gasteiger partial charge in [0.2, 0.25) is 5.78 Å². The van der Waals surface area contributed by atoms with Crippen LogP contribution in [0, 0.1) is 22.6 Å². The van der Waals surface area contributed by atoms with E-state index in [0.717, 1.165) is 49.8 Å². The maximum Gasteiger partial charge on any atom is 0.311 e. The molecule has 0 bridgehead atoms. The fourth-order valence-corrected chi connectivity index (χ4v) is 8.03. The molecule has 0 unspecified atom stereocenters. The van der Waals surface area contributed by atoms with Crippen molar-refractivity contribution in [3.63, 3.8) is 0 Å². The number of hydrogen-bond donors (Lipinski definition) is 0. The lowest BCUT2D eigenvalue weighted by molar-refractivity contribution is -0.163. The van der Waals surface area contributed by atoms with Gasteiger partial charge in [-0.2, -0.15) is 5.10 Å². The monoisotopic (exact) mass is 594 g/mol. The van der Waals surface area contributed by atoms with E-state index >= 15 is 0 Å². The highest BCUT2D eigenvalue weighted by molar-refractivity contribution is 6.07. The third kappa shape index (κ3) is 5.12. The molecule has 4 aromatic rings. The maximum atomic E-state index is 14.1. The van der Waals surface area contributed by atoms with Crippen LogP contribution in [-0.4, -0.2) is 28.6 Å². The predicted molar refractivity (Wildman–Crippen MR) is 167 cm³/mol. The smallest absolute Gasteiger partial charge is 0.311 e. The molecule has 1 saturated carbocycles. The molecule has 2 aromatic carbocycles. The minimum atomic E-state index is -0.497. The molecule has 3 atom stereocenters. The van der Waals surface area contributed by atoms with Crippen molar-refractivity contribution in [2.24, 2.45) is 16.7 Å². The van der Waals surface area contributed by atoms with Gasteiger partial charge in [-0.15, -0.1) is 0 Å². The number of fused-ring (bicyclic) bond motifs is 1. The van der Waals surface area contributed by atoms with Crippen LogP contribution in [0.5, 0.6) is 0 Å². The van der Waals surface area contributed by atoms with Crippen molar-refractivity contribution < 1.29 is 23.1 Å². The molecule has 1 fully saturated rings. The Bertz CT molecular complexity index is 1720. The number of aromatic nitrogens is 2. The molecule has 0 aliphatic heterocycles. The third-order valence-corrected chi connectivity index (χ3v) is 10.3. The van der Waals surface area contributed by atoms with Gasteiger partial charge in [0.15, 0.2) is 5.76 Å². The van der Waals surface area contributed by atoms with Crippen molar-refractivity contribution in [3.8, 4) is 16.9 Å². The summed E-state index contributed by atoms with van der Waals surface area (Å²) in [6.07, 6.45) is 7.81. The lowest BCUT2D eigenvalue weighted by atomic mass is 9.49. The molecule has 2 aliphatic rings. The number of benzene rings is 2. The molecule has 44 heavy (non-hydrogen) atoms. The van der Waals surface area contributed by atoms with E-state index in [0.29, 0.717) is 29.1 Å². The molecule has 7 heteroatoms. The summed E-state index contributed by atoms with van der Waals surface area (Å²) in [5.41, 5.74) is 5.42. The molecule has 0 amide bonds. The molecule has 2 heterocycles. The first kappa shape index (κ1) is 29.8. The first-order valence-electron chi connectivity index (χ1n) is 15.5. The van der Waals surface area contributed by atoms with E-state index in [1.165, 1.54) is 30.4 Å². The zero-order valence-corrected chi connectivity index (χ0v) is 25.9. The lowest BCUT2D eigenvalue weighted by Crippen LogP contribution is -2.50. The Morgan fingerprint density at radius 3 is 2.52 bits per heavy atom. The predicted octanol–water partition coefficient (Wildman–Crippen LogP) is 8.53. The van der Waals surface area contributed by atoms with E-state index < -0.39 is 5.41 Å². The van der Waals surface area contributed by atoms with Gasteiger partial charge in [0, 0.05) is 11.1 Å². The van der Waals surface area contributed by atoms with Crippen molar-refractivity contribution in [3.05, 3.63) is 107 Å². The Hall–Kier alpha value is -4.26. The summed E-state index contributed by atoms with van der Waals surface area (Å²) in [5.74, 6) is -0.189. The van der Waals surface area contributed by atoms with Gasteiger partial charge in [0.1, 0.15) is 11.5 Å². The number of carbonyl (C=O) groups excluding carboxylic acids is 2. The van der Waals surface area contributed by atoms with Gasteiger partial charge in [-0.05, 0) is 112 Å². The van der Waals surface area contributed by atoms with Gasteiger partial charge >= 0.3 is 5.97 Å². The van der Waals surface area contributed by atoms with E-state index in [9.17, 15) is 14.0 Å². The van der Waals surface area contributed by atoms with Gasteiger partial charge in [-0.1, -0.05) is 42.7 Å². The average molecular weight is 595 g/mol. The fourth-order valence-electron chi connectivity index (χ4n) is 8.03. The maximum absolute atomic E-state index is 14.1. The second-order valence-corrected chi connectivity index (χ2v) is 12.8. The summed E-state index contributed by atoms with van der Waals surface area (Å²) in [6, 6.07) is 19.2. The van der Waals surface area contributed by atoms with Gasteiger partial charge in [-0.3, -0.25) is 9.59 Å². The van der Waals surface area contributed by atoms with Crippen LogP contribution in [0.4, 0.5) is 4.39 Å². The van der Waals surface area contributed by atoms with Crippen LogP contribution in [0.3, 0.4) is 0 Å². The Kier molecular flexibility index (Phi) is 7.91. The molecule has 6 nitrogen and oxygen atoms in total. The summed E-state index contributed by atoms with van der Waals surface area (Å²) >= 11 is 0. The Balaban J connectivity index is 1.30. The van der Waals surface area contributed by atoms with Crippen LogP contribution in [0.25, 0.3) is 16.9 Å². The van der Waals surface area contributed by atoms with E-state index in [1.807, 2.05) is 36.4 Å². The van der Waals surface area contributed by atoms with Crippen LogP contribution in [0.15, 0.2) is 88.6 Å². The number of aryl methyl sites for hydroxylation is 1. The number of ether oxygens (including phenoxy) is 1. The average Bonchev–Trinajstić information content (AvgIpc) is 3.69. The van der Waals surface area contributed by atoms with Gasteiger partial charge in [0.25, 0.3) is 0 Å². The Morgan fingerprint density at radius 2 is 1.80 bits per heavy atom. The summed E-state index contributed by atoms with van der Waals surface area (Å²) in [6.45, 7) is 6.63. The van der Waals surface area contributed by atoms with Gasteiger partial charge < -0.3 is 9.15 Å². The number of methoxy groups -OCH3 is 1. The topological polar surface area (TPSA) is 74.3 Å². The Morgan fingerprint density at radius 1 is 1.05 bits per heavy atom. The van der Waals surface area contributed by atoms with Gasteiger partial charge in [0.05, 0.1) is 30.2 Å². The highest BCUT2D eigenvalue weighted by atomic mass is 19.1. The number of ketones is 1. The van der Waals surface area contributed by atoms with Crippen molar-refractivity contribution in [2.75, 3.05) is 7.11 Å². The van der Waals surface area contributed by atoms with Crippen molar-refractivity contribution in [1.29, 1.82) is 0 Å². The molecule has 6 rings (SSSR count). The third-order valence-electron chi connectivity index (χ3n) is 10.3. The highest BCUT2D eigenvalue weighted by Crippen LogP contribution is 2.60. The molecular formula is C37H39FN2O4. The van der Waals surface area contributed by atoms with E-state index in [1.54, 1.807) is 29.1 Å². The number of carbonyl (C=O) groups is 2. The number of esters is 1. The molecule has 0 N–H and O–H groups in total. The first-order chi connectivity index (χ1) is 21.2. The van der Waals surface area contributed by atoms with E-state index in [2.05, 4.69) is 20.8 Å². The van der Waals surface area contributed by atoms with Crippen LogP contribution in [-0.2, 0) is 16.0 Å². The summed E-state index contributed by atoms with van der Waals surface area (Å²) in [7, 11) is 1.49. The summed E-state index contributed by atoms with van der Waals surface area (Å²) < 4.78 is 26.4. The second-order valence-electron chi connectivity index (χ2n) is 12.8. The molecule has 0 radical (unpaired) electrons.